The van der Waals surface area contributed by atoms with Crippen LogP contribution in [0.5, 0.6) is 0 Å². The zero-order valence-corrected chi connectivity index (χ0v) is 12.7. The van der Waals surface area contributed by atoms with Crippen LogP contribution in [0, 0.1) is 16.0 Å². The zero-order chi connectivity index (χ0) is 15.8. The summed E-state index contributed by atoms with van der Waals surface area (Å²) in [5, 5.41) is 16.8. The standard InChI is InChI=1S/C16H23N3O3/c20-16(6-3-14-7-10-17-11-8-14)18-12-9-13-1-4-15(5-2-13)19(21)22/h1-2,4-5,14,17H,3,6-12H2,(H,18,20). The molecule has 2 N–H and O–H groups in total. The maximum atomic E-state index is 11.8. The summed E-state index contributed by atoms with van der Waals surface area (Å²) in [6.07, 6.45) is 4.57. The van der Waals surface area contributed by atoms with Crippen LogP contribution in [-0.2, 0) is 11.2 Å². The van der Waals surface area contributed by atoms with Crippen LogP contribution in [0.2, 0.25) is 0 Å². The molecule has 6 heteroatoms. The Morgan fingerprint density at radius 2 is 1.95 bits per heavy atom. The Bertz CT molecular complexity index is 496. The lowest BCUT2D eigenvalue weighted by Crippen LogP contribution is -2.30. The summed E-state index contributed by atoms with van der Waals surface area (Å²) in [6, 6.07) is 6.46. The van der Waals surface area contributed by atoms with E-state index >= 15 is 0 Å². The number of carbonyl (C=O) groups is 1. The van der Waals surface area contributed by atoms with Crippen molar-refractivity contribution in [2.24, 2.45) is 5.92 Å². The van der Waals surface area contributed by atoms with Gasteiger partial charge in [-0.05, 0) is 50.3 Å². The number of piperidine rings is 1. The van der Waals surface area contributed by atoms with Gasteiger partial charge in [-0.1, -0.05) is 12.1 Å². The van der Waals surface area contributed by atoms with E-state index < -0.39 is 4.92 Å². The van der Waals surface area contributed by atoms with Crippen LogP contribution in [-0.4, -0.2) is 30.5 Å². The van der Waals surface area contributed by atoms with Crippen molar-refractivity contribution >= 4 is 11.6 Å². The van der Waals surface area contributed by atoms with Crippen LogP contribution in [0.25, 0.3) is 0 Å². The summed E-state index contributed by atoms with van der Waals surface area (Å²) in [6.45, 7) is 2.70. The number of non-ortho nitro benzene ring substituents is 1. The van der Waals surface area contributed by atoms with Gasteiger partial charge in [0.15, 0.2) is 0 Å². The van der Waals surface area contributed by atoms with Crippen LogP contribution < -0.4 is 10.6 Å². The zero-order valence-electron chi connectivity index (χ0n) is 12.7. The fraction of sp³-hybridized carbons (Fsp3) is 0.562. The second-order valence-electron chi connectivity index (χ2n) is 5.76. The molecule has 1 saturated heterocycles. The Morgan fingerprint density at radius 1 is 1.27 bits per heavy atom. The van der Waals surface area contributed by atoms with Gasteiger partial charge in [0.1, 0.15) is 0 Å². The predicted octanol–water partition coefficient (Wildman–Crippen LogP) is 2.03. The molecule has 120 valence electrons. The van der Waals surface area contributed by atoms with Crippen molar-refractivity contribution in [3.63, 3.8) is 0 Å². The molecule has 0 spiro atoms. The molecule has 22 heavy (non-hydrogen) atoms. The van der Waals surface area contributed by atoms with Crippen LogP contribution >= 0.6 is 0 Å². The van der Waals surface area contributed by atoms with Gasteiger partial charge in [-0.15, -0.1) is 0 Å². The highest BCUT2D eigenvalue weighted by Crippen LogP contribution is 2.17. The first-order valence-corrected chi connectivity index (χ1v) is 7.86. The average molecular weight is 305 g/mol. The number of nitrogens with zero attached hydrogens (tertiary/aromatic N) is 1. The van der Waals surface area contributed by atoms with Gasteiger partial charge < -0.3 is 10.6 Å². The van der Waals surface area contributed by atoms with Gasteiger partial charge in [-0.2, -0.15) is 0 Å². The topological polar surface area (TPSA) is 84.3 Å². The number of carbonyl (C=O) groups excluding carboxylic acids is 1. The SMILES string of the molecule is O=C(CCC1CCNCC1)NCCc1ccc([N+](=O)[O-])cc1. The van der Waals surface area contributed by atoms with Gasteiger partial charge in [-0.3, -0.25) is 14.9 Å². The average Bonchev–Trinajstić information content (AvgIpc) is 2.54. The third-order valence-electron chi connectivity index (χ3n) is 4.12. The fourth-order valence-corrected chi connectivity index (χ4v) is 2.72. The lowest BCUT2D eigenvalue weighted by atomic mass is 9.93. The van der Waals surface area contributed by atoms with Crippen LogP contribution in [0.3, 0.4) is 0 Å². The molecule has 1 aromatic rings. The Morgan fingerprint density at radius 3 is 2.59 bits per heavy atom. The molecule has 6 nitrogen and oxygen atoms in total. The molecule has 1 aromatic carbocycles. The smallest absolute Gasteiger partial charge is 0.269 e. The number of rotatable bonds is 7. The van der Waals surface area contributed by atoms with Gasteiger partial charge in [0, 0.05) is 25.1 Å². The largest absolute Gasteiger partial charge is 0.356 e. The molecule has 1 heterocycles. The number of nitro benzene ring substituents is 1. The van der Waals surface area contributed by atoms with Crippen molar-refractivity contribution < 1.29 is 9.72 Å². The van der Waals surface area contributed by atoms with Crippen LogP contribution in [0.1, 0.15) is 31.2 Å². The van der Waals surface area contributed by atoms with Crippen molar-refractivity contribution in [1.29, 1.82) is 0 Å². The first kappa shape index (κ1) is 16.4. The lowest BCUT2D eigenvalue weighted by Gasteiger charge is -2.22. The van der Waals surface area contributed by atoms with Gasteiger partial charge >= 0.3 is 0 Å². The number of hydrogen-bond acceptors (Lipinski definition) is 4. The highest BCUT2D eigenvalue weighted by Gasteiger charge is 2.14. The highest BCUT2D eigenvalue weighted by atomic mass is 16.6. The van der Waals surface area contributed by atoms with Crippen molar-refractivity contribution in [2.75, 3.05) is 19.6 Å². The Kier molecular flexibility index (Phi) is 6.33. The second-order valence-corrected chi connectivity index (χ2v) is 5.76. The summed E-state index contributed by atoms with van der Waals surface area (Å²) < 4.78 is 0. The van der Waals surface area contributed by atoms with Gasteiger partial charge in [0.25, 0.3) is 5.69 Å². The number of benzene rings is 1. The molecule has 2 rings (SSSR count). The van der Waals surface area contributed by atoms with E-state index in [2.05, 4.69) is 10.6 Å². The van der Waals surface area contributed by atoms with E-state index in [0.29, 0.717) is 25.3 Å². The molecule has 1 amide bonds. The number of amides is 1. The monoisotopic (exact) mass is 305 g/mol. The third kappa shape index (κ3) is 5.44. The van der Waals surface area contributed by atoms with E-state index in [1.165, 1.54) is 12.1 Å². The maximum absolute atomic E-state index is 11.8. The first-order valence-electron chi connectivity index (χ1n) is 7.86. The molecule has 0 atom stereocenters. The minimum absolute atomic E-state index is 0.0924. The quantitative estimate of drug-likeness (QED) is 0.596. The Hall–Kier alpha value is -1.95. The van der Waals surface area contributed by atoms with Crippen molar-refractivity contribution in [2.45, 2.75) is 32.1 Å². The Balaban J connectivity index is 1.62. The molecule has 0 saturated carbocycles. The Labute approximate surface area is 130 Å². The van der Waals surface area contributed by atoms with Crippen molar-refractivity contribution in [3.8, 4) is 0 Å². The summed E-state index contributed by atoms with van der Waals surface area (Å²) in [7, 11) is 0. The van der Waals surface area contributed by atoms with Crippen molar-refractivity contribution in [3.05, 3.63) is 39.9 Å². The van der Waals surface area contributed by atoms with Crippen LogP contribution in [0.15, 0.2) is 24.3 Å². The molecule has 0 aromatic heterocycles. The third-order valence-corrected chi connectivity index (χ3v) is 4.12. The summed E-state index contributed by atoms with van der Waals surface area (Å²) in [5.41, 5.74) is 1.08. The molecule has 1 fully saturated rings. The molecular weight excluding hydrogens is 282 g/mol. The molecule has 1 aliphatic heterocycles. The molecule has 0 bridgehead atoms. The van der Waals surface area contributed by atoms with Gasteiger partial charge in [-0.25, -0.2) is 0 Å². The summed E-state index contributed by atoms with van der Waals surface area (Å²) in [4.78, 5) is 22.0. The van der Waals surface area contributed by atoms with E-state index in [1.807, 2.05) is 0 Å². The highest BCUT2D eigenvalue weighted by molar-refractivity contribution is 5.75. The van der Waals surface area contributed by atoms with Gasteiger partial charge in [0.05, 0.1) is 4.92 Å². The van der Waals surface area contributed by atoms with E-state index in [-0.39, 0.29) is 11.6 Å². The van der Waals surface area contributed by atoms with Crippen LogP contribution in [0.4, 0.5) is 5.69 Å². The molecule has 0 aliphatic carbocycles. The van der Waals surface area contributed by atoms with E-state index in [1.54, 1.807) is 12.1 Å². The summed E-state index contributed by atoms with van der Waals surface area (Å²) >= 11 is 0. The lowest BCUT2D eigenvalue weighted by molar-refractivity contribution is -0.384. The first-order chi connectivity index (χ1) is 10.6. The van der Waals surface area contributed by atoms with E-state index in [4.69, 9.17) is 0 Å². The number of hydrogen-bond donors (Lipinski definition) is 2. The number of nitro groups is 1. The van der Waals surface area contributed by atoms with Gasteiger partial charge in [0.2, 0.25) is 5.91 Å². The second kappa shape index (κ2) is 8.48. The van der Waals surface area contributed by atoms with Crippen molar-refractivity contribution in [1.82, 2.24) is 10.6 Å². The molecular formula is C16H23N3O3. The number of nitrogens with one attached hydrogen (secondary N) is 2. The molecule has 0 radical (unpaired) electrons. The summed E-state index contributed by atoms with van der Waals surface area (Å²) in [5.74, 6) is 0.766. The maximum Gasteiger partial charge on any atom is 0.269 e. The predicted molar refractivity (Wildman–Crippen MR) is 84.6 cm³/mol. The van der Waals surface area contributed by atoms with E-state index in [9.17, 15) is 14.9 Å². The molecule has 1 aliphatic rings. The molecule has 0 unspecified atom stereocenters. The normalized spacial score (nSPS) is 15.5. The minimum atomic E-state index is -0.410. The minimum Gasteiger partial charge on any atom is -0.356 e. The van der Waals surface area contributed by atoms with E-state index in [0.717, 1.165) is 37.9 Å². The fourth-order valence-electron chi connectivity index (χ4n) is 2.72.